The Morgan fingerprint density at radius 2 is 2.11 bits per heavy atom. The molecule has 1 aromatic carbocycles. The van der Waals surface area contributed by atoms with Gasteiger partial charge in [-0.25, -0.2) is 9.97 Å². The third-order valence-corrected chi connectivity index (χ3v) is 6.64. The minimum Gasteiger partial charge on any atom is -0.383 e. The summed E-state index contributed by atoms with van der Waals surface area (Å²) in [4.78, 5) is 11.5. The van der Waals surface area contributed by atoms with Crippen molar-refractivity contribution >= 4 is 45.2 Å². The van der Waals surface area contributed by atoms with Crippen molar-refractivity contribution in [2.45, 2.75) is 38.1 Å². The number of rotatable bonds is 5. The first-order chi connectivity index (χ1) is 13.1. The van der Waals surface area contributed by atoms with Crippen LogP contribution in [0, 0.1) is 5.92 Å². The number of thioether (sulfide) groups is 1. The number of aromatic nitrogens is 2. The highest BCUT2D eigenvalue weighted by molar-refractivity contribution is 7.99. The molecular weight excluding hydrogens is 374 g/mol. The fraction of sp³-hybridized carbons (Fsp3) is 0.333. The number of nitrogen functional groups attached to an aromatic ring is 1. The van der Waals surface area contributed by atoms with Crippen molar-refractivity contribution in [2.24, 2.45) is 5.92 Å². The molecule has 0 aliphatic carbocycles. The minimum absolute atomic E-state index is 0.242. The molecule has 0 fully saturated rings. The number of benzene rings is 1. The lowest BCUT2D eigenvalue weighted by molar-refractivity contribution is 0.00203. The number of anilines is 1. The van der Waals surface area contributed by atoms with Gasteiger partial charge in [0.15, 0.2) is 5.16 Å². The van der Waals surface area contributed by atoms with Gasteiger partial charge in [-0.15, -0.1) is 11.3 Å². The molecule has 2 aromatic heterocycles. The van der Waals surface area contributed by atoms with E-state index >= 15 is 0 Å². The van der Waals surface area contributed by atoms with Crippen molar-refractivity contribution in [3.63, 3.8) is 0 Å². The molecule has 27 heavy (non-hydrogen) atoms. The summed E-state index contributed by atoms with van der Waals surface area (Å²) in [6, 6.07) is 10.3. The van der Waals surface area contributed by atoms with Gasteiger partial charge in [0, 0.05) is 17.1 Å². The summed E-state index contributed by atoms with van der Waals surface area (Å²) in [5.74, 6) is 1.89. The second-order valence-electron chi connectivity index (χ2n) is 7.00. The van der Waals surface area contributed by atoms with Gasteiger partial charge in [0.2, 0.25) is 0 Å². The van der Waals surface area contributed by atoms with E-state index in [9.17, 15) is 0 Å². The zero-order chi connectivity index (χ0) is 18.8. The first-order valence-corrected chi connectivity index (χ1v) is 11.0. The van der Waals surface area contributed by atoms with Gasteiger partial charge >= 0.3 is 0 Å². The largest absolute Gasteiger partial charge is 0.383 e. The molecule has 3 heterocycles. The zero-order valence-corrected chi connectivity index (χ0v) is 17.1. The van der Waals surface area contributed by atoms with Crippen LogP contribution in [0.3, 0.4) is 0 Å². The zero-order valence-electron chi connectivity index (χ0n) is 15.5. The fourth-order valence-corrected chi connectivity index (χ4v) is 5.10. The normalized spacial score (nSPS) is 17.1. The van der Waals surface area contributed by atoms with Gasteiger partial charge in [0.1, 0.15) is 10.6 Å². The SMILES string of the molecule is CC(C)[C@H]1Cc2c(sc3nc(SC/C=C\c4ccccc4)nc(N)c23)CO1. The number of ether oxygens (including phenoxy) is 1. The van der Waals surface area contributed by atoms with Crippen LogP contribution in [0.25, 0.3) is 16.3 Å². The topological polar surface area (TPSA) is 61.0 Å². The second-order valence-corrected chi connectivity index (χ2v) is 9.07. The molecule has 4 rings (SSSR count). The summed E-state index contributed by atoms with van der Waals surface area (Å²) in [7, 11) is 0. The van der Waals surface area contributed by atoms with Crippen LogP contribution in [0.5, 0.6) is 0 Å². The summed E-state index contributed by atoms with van der Waals surface area (Å²) >= 11 is 3.30. The fourth-order valence-electron chi connectivity index (χ4n) is 3.25. The molecule has 0 unspecified atom stereocenters. The van der Waals surface area contributed by atoms with Gasteiger partial charge in [-0.05, 0) is 17.0 Å². The first-order valence-electron chi connectivity index (χ1n) is 9.15. The Bertz CT molecular complexity index is 966. The van der Waals surface area contributed by atoms with Crippen LogP contribution in [0.4, 0.5) is 5.82 Å². The molecule has 3 aromatic rings. The van der Waals surface area contributed by atoms with E-state index in [0.717, 1.165) is 27.5 Å². The van der Waals surface area contributed by atoms with Crippen LogP contribution in [0.2, 0.25) is 0 Å². The van der Waals surface area contributed by atoms with Gasteiger partial charge in [-0.1, -0.05) is 68.1 Å². The van der Waals surface area contributed by atoms with E-state index < -0.39 is 0 Å². The highest BCUT2D eigenvalue weighted by Crippen LogP contribution is 2.39. The van der Waals surface area contributed by atoms with Crippen LogP contribution < -0.4 is 5.73 Å². The highest BCUT2D eigenvalue weighted by atomic mass is 32.2. The molecule has 1 aliphatic heterocycles. The van der Waals surface area contributed by atoms with Crippen LogP contribution in [0.1, 0.15) is 29.9 Å². The maximum atomic E-state index is 6.33. The number of nitrogens with zero attached hydrogens (tertiary/aromatic N) is 2. The number of fused-ring (bicyclic) bond motifs is 3. The number of hydrogen-bond acceptors (Lipinski definition) is 6. The van der Waals surface area contributed by atoms with Gasteiger partial charge in [-0.3, -0.25) is 0 Å². The van der Waals surface area contributed by atoms with Crippen LogP contribution >= 0.6 is 23.1 Å². The molecule has 6 heteroatoms. The summed E-state index contributed by atoms with van der Waals surface area (Å²) < 4.78 is 5.99. The number of thiophene rings is 1. The van der Waals surface area contributed by atoms with Crippen molar-refractivity contribution in [3.05, 3.63) is 52.4 Å². The summed E-state index contributed by atoms with van der Waals surface area (Å²) in [5, 5.41) is 1.77. The minimum atomic E-state index is 0.242. The Balaban J connectivity index is 1.52. The smallest absolute Gasteiger partial charge is 0.191 e. The maximum absolute atomic E-state index is 6.33. The second kappa shape index (κ2) is 8.00. The summed E-state index contributed by atoms with van der Waals surface area (Å²) in [6.07, 6.45) is 5.38. The van der Waals surface area contributed by atoms with Gasteiger partial charge < -0.3 is 10.5 Å². The molecule has 0 amide bonds. The summed E-state index contributed by atoms with van der Waals surface area (Å²) in [5.41, 5.74) is 8.81. The predicted octanol–water partition coefficient (Wildman–Crippen LogP) is 5.18. The Kier molecular flexibility index (Phi) is 5.48. The summed E-state index contributed by atoms with van der Waals surface area (Å²) in [6.45, 7) is 5.05. The molecule has 0 saturated heterocycles. The van der Waals surface area contributed by atoms with E-state index in [2.05, 4.69) is 43.1 Å². The van der Waals surface area contributed by atoms with Crippen LogP contribution in [0.15, 0.2) is 41.6 Å². The molecule has 140 valence electrons. The predicted molar refractivity (Wildman–Crippen MR) is 115 cm³/mol. The van der Waals surface area contributed by atoms with E-state index in [1.54, 1.807) is 23.1 Å². The quantitative estimate of drug-likeness (QED) is 0.475. The van der Waals surface area contributed by atoms with Crippen molar-refractivity contribution < 1.29 is 4.74 Å². The van der Waals surface area contributed by atoms with Crippen molar-refractivity contribution in [3.8, 4) is 0 Å². The van der Waals surface area contributed by atoms with E-state index in [-0.39, 0.29) is 6.10 Å². The van der Waals surface area contributed by atoms with Crippen molar-refractivity contribution in [1.82, 2.24) is 9.97 Å². The molecule has 0 saturated carbocycles. The molecule has 0 bridgehead atoms. The van der Waals surface area contributed by atoms with E-state index in [1.165, 1.54) is 16.0 Å². The average molecular weight is 398 g/mol. The van der Waals surface area contributed by atoms with Crippen LogP contribution in [-0.2, 0) is 17.8 Å². The Hall–Kier alpha value is -1.89. The Labute approximate surface area is 167 Å². The molecule has 1 atom stereocenters. The monoisotopic (exact) mass is 397 g/mol. The molecule has 0 spiro atoms. The Morgan fingerprint density at radius 3 is 2.89 bits per heavy atom. The van der Waals surface area contributed by atoms with Gasteiger partial charge in [-0.2, -0.15) is 0 Å². The molecule has 2 N–H and O–H groups in total. The Morgan fingerprint density at radius 1 is 1.30 bits per heavy atom. The molecule has 0 radical (unpaired) electrons. The molecule has 1 aliphatic rings. The first kappa shape index (κ1) is 18.5. The third-order valence-electron chi connectivity index (χ3n) is 4.74. The number of hydrogen-bond donors (Lipinski definition) is 1. The van der Waals surface area contributed by atoms with E-state index in [4.69, 9.17) is 15.5 Å². The lowest BCUT2D eigenvalue weighted by atomic mass is 9.96. The maximum Gasteiger partial charge on any atom is 0.191 e. The molecule has 4 nitrogen and oxygen atoms in total. The van der Waals surface area contributed by atoms with Gasteiger partial charge in [0.05, 0.1) is 18.1 Å². The van der Waals surface area contributed by atoms with Crippen molar-refractivity contribution in [1.29, 1.82) is 0 Å². The molecular formula is C21H23N3OS2. The van der Waals surface area contributed by atoms with Gasteiger partial charge in [0.25, 0.3) is 0 Å². The highest BCUT2D eigenvalue weighted by Gasteiger charge is 2.27. The number of nitrogens with two attached hydrogens (primary N) is 1. The van der Waals surface area contributed by atoms with E-state index in [1.807, 2.05) is 18.2 Å². The standard InChI is InChI=1S/C21H23N3OS2/c1-13(2)16-11-15-17(12-25-16)27-20-18(15)19(22)23-21(24-20)26-10-6-9-14-7-4-3-5-8-14/h3-9,13,16H,10-12H2,1-2H3,(H2,22,23,24)/b9-6-/t16-/m1/s1. The van der Waals surface area contributed by atoms with Crippen LogP contribution in [-0.4, -0.2) is 21.8 Å². The van der Waals surface area contributed by atoms with Crippen molar-refractivity contribution in [2.75, 3.05) is 11.5 Å². The average Bonchev–Trinajstić information content (AvgIpc) is 3.04. The lowest BCUT2D eigenvalue weighted by Gasteiger charge is -2.26. The van der Waals surface area contributed by atoms with E-state index in [0.29, 0.717) is 18.3 Å². The lowest BCUT2D eigenvalue weighted by Crippen LogP contribution is -2.26. The third kappa shape index (κ3) is 4.03.